The predicted octanol–water partition coefficient (Wildman–Crippen LogP) is 5.03. The zero-order chi connectivity index (χ0) is 22.5. The fourth-order valence-electron chi connectivity index (χ4n) is 3.39. The van der Waals surface area contributed by atoms with Crippen molar-refractivity contribution in [2.45, 2.75) is 19.0 Å². The fraction of sp³-hybridized carbons (Fsp3) is 0.120. The van der Waals surface area contributed by atoms with Gasteiger partial charge in [-0.15, -0.1) is 0 Å². The summed E-state index contributed by atoms with van der Waals surface area (Å²) in [5.74, 6) is -0.220. The monoisotopic (exact) mass is 464 g/mol. The number of rotatable bonds is 7. The Labute approximate surface area is 196 Å². The van der Waals surface area contributed by atoms with Crippen LogP contribution in [0.1, 0.15) is 11.3 Å². The second kappa shape index (κ2) is 10.0. The molecule has 1 atom stereocenters. The molecule has 0 bridgehead atoms. The zero-order valence-electron chi connectivity index (χ0n) is 17.2. The second-order valence-electron chi connectivity index (χ2n) is 7.43. The molecule has 7 heteroatoms. The van der Waals surface area contributed by atoms with Crippen LogP contribution in [0.15, 0.2) is 84.9 Å². The molecule has 1 amide bonds. The van der Waals surface area contributed by atoms with E-state index in [2.05, 4.69) is 5.32 Å². The molecule has 0 unspecified atom stereocenters. The minimum Gasteiger partial charge on any atom is -0.349 e. The molecule has 5 nitrogen and oxygen atoms in total. The van der Waals surface area contributed by atoms with Gasteiger partial charge in [0.25, 0.3) is 0 Å². The summed E-state index contributed by atoms with van der Waals surface area (Å²) in [5.41, 5.74) is 10.5. The number of halogens is 2. The molecule has 0 aliphatic carbocycles. The van der Waals surface area contributed by atoms with Crippen molar-refractivity contribution >= 4 is 29.1 Å². The van der Waals surface area contributed by atoms with Gasteiger partial charge in [-0.25, -0.2) is 4.68 Å². The third-order valence-corrected chi connectivity index (χ3v) is 5.55. The molecule has 0 saturated carbocycles. The van der Waals surface area contributed by atoms with E-state index in [1.54, 1.807) is 0 Å². The molecule has 1 aromatic heterocycles. The van der Waals surface area contributed by atoms with Crippen LogP contribution in [0.5, 0.6) is 0 Å². The predicted molar refractivity (Wildman–Crippen MR) is 129 cm³/mol. The van der Waals surface area contributed by atoms with Crippen molar-refractivity contribution in [3.63, 3.8) is 0 Å². The lowest BCUT2D eigenvalue weighted by atomic mass is 10.1. The molecular formula is C25H22Cl2N4O. The summed E-state index contributed by atoms with van der Waals surface area (Å²) in [7, 11) is 0. The van der Waals surface area contributed by atoms with E-state index in [0.717, 1.165) is 22.5 Å². The minimum absolute atomic E-state index is 0.220. The van der Waals surface area contributed by atoms with Gasteiger partial charge in [0, 0.05) is 15.6 Å². The highest BCUT2D eigenvalue weighted by Gasteiger charge is 2.16. The van der Waals surface area contributed by atoms with Gasteiger partial charge >= 0.3 is 0 Å². The van der Waals surface area contributed by atoms with Crippen LogP contribution in [0.4, 0.5) is 0 Å². The first-order chi connectivity index (χ1) is 15.5. The Bertz CT molecular complexity index is 1130. The van der Waals surface area contributed by atoms with Crippen molar-refractivity contribution < 1.29 is 4.79 Å². The molecule has 3 N–H and O–H groups in total. The molecule has 0 fully saturated rings. The summed E-state index contributed by atoms with van der Waals surface area (Å²) in [4.78, 5) is 12.5. The molecule has 32 heavy (non-hydrogen) atoms. The Morgan fingerprint density at radius 3 is 2.22 bits per heavy atom. The average Bonchev–Trinajstić information content (AvgIpc) is 3.23. The zero-order valence-corrected chi connectivity index (χ0v) is 18.7. The lowest BCUT2D eigenvalue weighted by Crippen LogP contribution is -2.41. The third kappa shape index (κ3) is 5.37. The Morgan fingerprint density at radius 2 is 1.56 bits per heavy atom. The van der Waals surface area contributed by atoms with Crippen molar-refractivity contribution in [2.24, 2.45) is 5.73 Å². The first-order valence-corrected chi connectivity index (χ1v) is 10.9. The number of nitrogens with zero attached hydrogens (tertiary/aromatic N) is 2. The number of amides is 1. The van der Waals surface area contributed by atoms with Crippen molar-refractivity contribution in [1.82, 2.24) is 15.1 Å². The maximum Gasteiger partial charge on any atom is 0.237 e. The number of nitrogens with two attached hydrogens (primary N) is 1. The van der Waals surface area contributed by atoms with E-state index in [1.807, 2.05) is 89.6 Å². The Kier molecular flexibility index (Phi) is 6.90. The SMILES string of the molecule is N[C@@H](Cc1ccccc1)C(=O)NCc1cc(-c2ccc(Cl)cc2)n(-c2ccc(Cl)cc2)n1. The second-order valence-corrected chi connectivity index (χ2v) is 8.30. The first-order valence-electron chi connectivity index (χ1n) is 10.2. The van der Waals surface area contributed by atoms with Crippen LogP contribution in [-0.4, -0.2) is 21.7 Å². The normalized spacial score (nSPS) is 11.8. The first kappa shape index (κ1) is 22.1. The van der Waals surface area contributed by atoms with Crippen molar-refractivity contribution in [3.05, 3.63) is 106 Å². The van der Waals surface area contributed by atoms with E-state index in [-0.39, 0.29) is 12.5 Å². The van der Waals surface area contributed by atoms with E-state index in [4.69, 9.17) is 34.0 Å². The molecule has 162 valence electrons. The molecule has 0 aliphatic rings. The minimum atomic E-state index is -0.633. The average molecular weight is 465 g/mol. The number of benzene rings is 3. The van der Waals surface area contributed by atoms with Crippen LogP contribution >= 0.6 is 23.2 Å². The van der Waals surface area contributed by atoms with Crippen molar-refractivity contribution in [2.75, 3.05) is 0 Å². The maximum absolute atomic E-state index is 12.5. The standard InChI is InChI=1S/C25H22Cl2N4O/c26-19-8-6-18(7-9-19)24-15-21(30-31(24)22-12-10-20(27)11-13-22)16-29-25(32)23(28)14-17-4-2-1-3-5-17/h1-13,15,23H,14,16,28H2,(H,29,32)/t23-/m0/s1. The van der Waals surface area contributed by atoms with Crippen molar-refractivity contribution in [1.29, 1.82) is 0 Å². The summed E-state index contributed by atoms with van der Waals surface area (Å²) in [6.07, 6.45) is 0.474. The smallest absolute Gasteiger partial charge is 0.237 e. The largest absolute Gasteiger partial charge is 0.349 e. The number of hydrogen-bond acceptors (Lipinski definition) is 3. The Hall–Kier alpha value is -3.12. The van der Waals surface area contributed by atoms with Gasteiger partial charge in [0.05, 0.1) is 29.7 Å². The van der Waals surface area contributed by atoms with Gasteiger partial charge < -0.3 is 11.1 Å². The van der Waals surface area contributed by atoms with Crippen molar-refractivity contribution in [3.8, 4) is 16.9 Å². The molecule has 4 aromatic rings. The Balaban J connectivity index is 1.53. The highest BCUT2D eigenvalue weighted by molar-refractivity contribution is 6.30. The van der Waals surface area contributed by atoms with Gasteiger partial charge in [-0.1, -0.05) is 65.7 Å². The number of carbonyl (C=O) groups excluding carboxylic acids is 1. The lowest BCUT2D eigenvalue weighted by Gasteiger charge is -2.11. The number of nitrogens with one attached hydrogen (secondary N) is 1. The molecule has 4 rings (SSSR count). The number of aromatic nitrogens is 2. The van der Waals surface area contributed by atoms with Gasteiger partial charge in [0.2, 0.25) is 5.91 Å². The van der Waals surface area contributed by atoms with Crippen LogP contribution in [0.25, 0.3) is 16.9 Å². The van der Waals surface area contributed by atoms with Crippen LogP contribution in [0, 0.1) is 0 Å². The van der Waals surface area contributed by atoms with E-state index >= 15 is 0 Å². The van der Waals surface area contributed by atoms with Gasteiger partial charge in [-0.05, 0) is 54.4 Å². The van der Waals surface area contributed by atoms with Gasteiger partial charge in [-0.2, -0.15) is 5.10 Å². The summed E-state index contributed by atoms with van der Waals surface area (Å²) in [6, 6.07) is 26.0. The topological polar surface area (TPSA) is 72.9 Å². The van der Waals surface area contributed by atoms with E-state index < -0.39 is 6.04 Å². The molecule has 0 radical (unpaired) electrons. The van der Waals surface area contributed by atoms with Gasteiger partial charge in [0.1, 0.15) is 0 Å². The molecule has 0 aliphatic heterocycles. The van der Waals surface area contributed by atoms with Gasteiger partial charge in [0.15, 0.2) is 0 Å². The summed E-state index contributed by atoms with van der Waals surface area (Å²) in [5, 5.41) is 8.91. The number of hydrogen-bond donors (Lipinski definition) is 2. The molecule has 0 spiro atoms. The molecule has 1 heterocycles. The summed E-state index contributed by atoms with van der Waals surface area (Å²) >= 11 is 12.1. The molecular weight excluding hydrogens is 443 g/mol. The summed E-state index contributed by atoms with van der Waals surface area (Å²) < 4.78 is 1.82. The van der Waals surface area contributed by atoms with Crippen LogP contribution in [0.3, 0.4) is 0 Å². The molecule has 0 saturated heterocycles. The van der Waals surface area contributed by atoms with E-state index in [9.17, 15) is 4.79 Å². The highest BCUT2D eigenvalue weighted by atomic mass is 35.5. The van der Waals surface area contributed by atoms with Gasteiger partial charge in [-0.3, -0.25) is 4.79 Å². The Morgan fingerprint density at radius 1 is 0.938 bits per heavy atom. The maximum atomic E-state index is 12.5. The van der Waals surface area contributed by atoms with E-state index in [1.165, 1.54) is 0 Å². The third-order valence-electron chi connectivity index (χ3n) is 5.05. The highest BCUT2D eigenvalue weighted by Crippen LogP contribution is 2.26. The van der Waals surface area contributed by atoms with Crippen LogP contribution in [0.2, 0.25) is 10.0 Å². The lowest BCUT2D eigenvalue weighted by molar-refractivity contribution is -0.122. The summed E-state index contributed by atoms with van der Waals surface area (Å²) in [6.45, 7) is 0.266. The number of carbonyl (C=O) groups is 1. The van der Waals surface area contributed by atoms with Crippen LogP contribution in [-0.2, 0) is 17.8 Å². The van der Waals surface area contributed by atoms with E-state index in [0.29, 0.717) is 22.2 Å². The quantitative estimate of drug-likeness (QED) is 0.402. The van der Waals surface area contributed by atoms with Crippen LogP contribution < -0.4 is 11.1 Å². The fourth-order valence-corrected chi connectivity index (χ4v) is 3.64. The molecule has 3 aromatic carbocycles.